The van der Waals surface area contributed by atoms with Gasteiger partial charge < -0.3 is 0 Å². The SMILES string of the molecule is CCc1ccc2c(n1)c(CC)nn2S(=O)(=O)NC(c1ccc(F)cc1)C(F)(F)F. The third-order valence-corrected chi connectivity index (χ3v) is 5.61. The fourth-order valence-electron chi connectivity index (χ4n) is 2.87. The number of rotatable bonds is 6. The summed E-state index contributed by atoms with van der Waals surface area (Å²) >= 11 is 0. The fourth-order valence-corrected chi connectivity index (χ4v) is 4.15. The highest BCUT2D eigenvalue weighted by Gasteiger charge is 2.44. The molecular formula is C18H18F4N4O2S. The minimum atomic E-state index is -4.95. The van der Waals surface area contributed by atoms with Gasteiger partial charge in [0.2, 0.25) is 0 Å². The molecule has 0 bridgehead atoms. The van der Waals surface area contributed by atoms with Gasteiger partial charge in [0.1, 0.15) is 22.9 Å². The molecule has 11 heteroatoms. The lowest BCUT2D eigenvalue weighted by atomic mass is 10.1. The molecule has 3 rings (SSSR count). The van der Waals surface area contributed by atoms with Gasteiger partial charge in [-0.05, 0) is 42.7 Å². The van der Waals surface area contributed by atoms with Crippen molar-refractivity contribution in [1.29, 1.82) is 0 Å². The van der Waals surface area contributed by atoms with E-state index >= 15 is 0 Å². The van der Waals surface area contributed by atoms with E-state index in [2.05, 4.69) is 10.1 Å². The van der Waals surface area contributed by atoms with Crippen molar-refractivity contribution in [3.63, 3.8) is 0 Å². The predicted molar refractivity (Wildman–Crippen MR) is 98.9 cm³/mol. The van der Waals surface area contributed by atoms with Gasteiger partial charge in [-0.15, -0.1) is 4.09 Å². The van der Waals surface area contributed by atoms with Crippen LogP contribution >= 0.6 is 0 Å². The van der Waals surface area contributed by atoms with E-state index in [0.29, 0.717) is 33.8 Å². The van der Waals surface area contributed by atoms with E-state index in [1.165, 1.54) is 6.07 Å². The first-order valence-electron chi connectivity index (χ1n) is 8.79. The molecule has 156 valence electrons. The van der Waals surface area contributed by atoms with E-state index in [9.17, 15) is 26.0 Å². The van der Waals surface area contributed by atoms with Crippen LogP contribution in [0.3, 0.4) is 0 Å². The molecule has 3 aromatic rings. The maximum atomic E-state index is 13.6. The third-order valence-electron chi connectivity index (χ3n) is 4.34. The molecule has 0 saturated carbocycles. The van der Waals surface area contributed by atoms with Crippen LogP contribution in [-0.4, -0.2) is 28.8 Å². The number of pyridine rings is 1. The van der Waals surface area contributed by atoms with Gasteiger partial charge in [-0.2, -0.15) is 31.4 Å². The summed E-state index contributed by atoms with van der Waals surface area (Å²) in [6.07, 6.45) is -4.00. The summed E-state index contributed by atoms with van der Waals surface area (Å²) in [6, 6.07) is 3.91. The Morgan fingerprint density at radius 2 is 1.72 bits per heavy atom. The number of hydrogen-bond acceptors (Lipinski definition) is 4. The van der Waals surface area contributed by atoms with E-state index in [0.717, 1.165) is 24.3 Å². The van der Waals surface area contributed by atoms with Gasteiger partial charge in [0, 0.05) is 5.69 Å². The minimum absolute atomic E-state index is 0.0755. The van der Waals surface area contributed by atoms with Gasteiger partial charge in [0.05, 0.1) is 5.69 Å². The zero-order chi connectivity index (χ0) is 21.4. The monoisotopic (exact) mass is 430 g/mol. The highest BCUT2D eigenvalue weighted by Crippen LogP contribution is 2.34. The van der Waals surface area contributed by atoms with Crippen LogP contribution in [0.4, 0.5) is 17.6 Å². The molecule has 6 nitrogen and oxygen atoms in total. The summed E-state index contributed by atoms with van der Waals surface area (Å²) in [6.45, 7) is 3.61. The summed E-state index contributed by atoms with van der Waals surface area (Å²) in [7, 11) is -4.73. The third kappa shape index (κ3) is 4.25. The molecular weight excluding hydrogens is 412 g/mol. The smallest absolute Gasteiger partial charge is 0.249 e. The van der Waals surface area contributed by atoms with Gasteiger partial charge in [0.15, 0.2) is 0 Å². The topological polar surface area (TPSA) is 76.9 Å². The highest BCUT2D eigenvalue weighted by atomic mass is 32.2. The van der Waals surface area contributed by atoms with Gasteiger partial charge in [-0.3, -0.25) is 0 Å². The molecule has 0 aliphatic heterocycles. The number of aryl methyl sites for hydroxylation is 2. The normalized spacial score (nSPS) is 13.7. The zero-order valence-electron chi connectivity index (χ0n) is 15.5. The number of fused-ring (bicyclic) bond motifs is 1. The van der Waals surface area contributed by atoms with Crippen LogP contribution in [0.15, 0.2) is 36.4 Å². The Kier molecular flexibility index (Phi) is 5.63. The molecule has 1 aromatic carbocycles. The van der Waals surface area contributed by atoms with Crippen LogP contribution < -0.4 is 4.72 Å². The molecule has 0 spiro atoms. The van der Waals surface area contributed by atoms with Gasteiger partial charge >= 0.3 is 16.4 Å². The Labute approximate surface area is 164 Å². The molecule has 0 amide bonds. The second-order valence-corrected chi connectivity index (χ2v) is 7.85. The fraction of sp³-hybridized carbons (Fsp3) is 0.333. The quantitative estimate of drug-likeness (QED) is 0.606. The summed E-state index contributed by atoms with van der Waals surface area (Å²) < 4.78 is 81.6. The van der Waals surface area contributed by atoms with Crippen LogP contribution in [0.5, 0.6) is 0 Å². The molecule has 1 atom stereocenters. The molecule has 2 aromatic heterocycles. The van der Waals surface area contributed by atoms with Crippen LogP contribution in [-0.2, 0) is 23.1 Å². The lowest BCUT2D eigenvalue weighted by Gasteiger charge is -2.22. The number of benzene rings is 1. The van der Waals surface area contributed by atoms with E-state index < -0.39 is 33.8 Å². The van der Waals surface area contributed by atoms with Crippen molar-refractivity contribution in [3.8, 4) is 0 Å². The molecule has 1 N–H and O–H groups in total. The second-order valence-electron chi connectivity index (χ2n) is 6.32. The molecule has 1 unspecified atom stereocenters. The molecule has 0 radical (unpaired) electrons. The van der Waals surface area contributed by atoms with Crippen LogP contribution in [0.2, 0.25) is 0 Å². The molecule has 29 heavy (non-hydrogen) atoms. The minimum Gasteiger partial charge on any atom is -0.249 e. The van der Waals surface area contributed by atoms with Gasteiger partial charge in [-0.1, -0.05) is 26.0 Å². The van der Waals surface area contributed by atoms with E-state index in [4.69, 9.17) is 0 Å². The average Bonchev–Trinajstić information content (AvgIpc) is 3.05. The van der Waals surface area contributed by atoms with Crippen molar-refractivity contribution in [3.05, 3.63) is 59.2 Å². The van der Waals surface area contributed by atoms with Crippen molar-refractivity contribution < 1.29 is 26.0 Å². The highest BCUT2D eigenvalue weighted by molar-refractivity contribution is 7.88. The van der Waals surface area contributed by atoms with Crippen LogP contribution in [0, 0.1) is 5.82 Å². The maximum Gasteiger partial charge on any atom is 0.408 e. The van der Waals surface area contributed by atoms with Gasteiger partial charge in [-0.25, -0.2) is 9.37 Å². The number of hydrogen-bond donors (Lipinski definition) is 1. The van der Waals surface area contributed by atoms with Crippen LogP contribution in [0.1, 0.15) is 36.8 Å². The van der Waals surface area contributed by atoms with E-state index in [-0.39, 0.29) is 5.52 Å². The summed E-state index contributed by atoms with van der Waals surface area (Å²) in [5.41, 5.74) is 1.01. The number of aromatic nitrogens is 3. The molecule has 0 fully saturated rings. The summed E-state index contributed by atoms with van der Waals surface area (Å²) in [4.78, 5) is 4.35. The first-order chi connectivity index (χ1) is 13.6. The lowest BCUT2D eigenvalue weighted by Crippen LogP contribution is -2.41. The average molecular weight is 430 g/mol. The standard InChI is InChI=1S/C18H18F4N4O2S/c1-3-13-9-10-15-16(23-13)14(4-2)24-26(15)29(27,28)25-17(18(20,21)22)11-5-7-12(19)8-6-11/h5-10,17,25H,3-4H2,1-2H3. The van der Waals surface area contributed by atoms with Crippen molar-refractivity contribution in [1.82, 2.24) is 18.9 Å². The molecule has 0 saturated heterocycles. The number of alkyl halides is 3. The van der Waals surface area contributed by atoms with Crippen molar-refractivity contribution in [2.75, 3.05) is 0 Å². The number of halogens is 4. The second kappa shape index (κ2) is 7.71. The Balaban J connectivity index is 2.09. The van der Waals surface area contributed by atoms with Crippen molar-refractivity contribution >= 4 is 21.2 Å². The van der Waals surface area contributed by atoms with Gasteiger partial charge in [0.25, 0.3) is 0 Å². The first-order valence-corrected chi connectivity index (χ1v) is 10.2. The van der Waals surface area contributed by atoms with E-state index in [1.807, 2.05) is 6.92 Å². The molecule has 2 heterocycles. The number of nitrogens with zero attached hydrogens (tertiary/aromatic N) is 3. The van der Waals surface area contributed by atoms with Crippen LogP contribution in [0.25, 0.3) is 11.0 Å². The largest absolute Gasteiger partial charge is 0.408 e. The Bertz CT molecular complexity index is 1130. The molecule has 0 aliphatic carbocycles. The predicted octanol–water partition coefficient (Wildman–Crippen LogP) is 3.68. The summed E-state index contributed by atoms with van der Waals surface area (Å²) in [5, 5.41) is 3.97. The summed E-state index contributed by atoms with van der Waals surface area (Å²) in [5.74, 6) is -0.735. The molecule has 0 aliphatic rings. The Morgan fingerprint density at radius 1 is 1.07 bits per heavy atom. The number of nitrogens with one attached hydrogen (secondary N) is 1. The van der Waals surface area contributed by atoms with E-state index in [1.54, 1.807) is 17.7 Å². The first kappa shape index (κ1) is 21.2. The maximum absolute atomic E-state index is 13.6. The zero-order valence-corrected chi connectivity index (χ0v) is 16.4. The Morgan fingerprint density at radius 3 is 2.28 bits per heavy atom. The Hall–Kier alpha value is -2.53. The lowest BCUT2D eigenvalue weighted by molar-refractivity contribution is -0.153. The van der Waals surface area contributed by atoms with Crippen molar-refractivity contribution in [2.45, 2.75) is 38.9 Å². The van der Waals surface area contributed by atoms with Crippen molar-refractivity contribution in [2.24, 2.45) is 0 Å².